The van der Waals surface area contributed by atoms with Gasteiger partial charge in [0.05, 0.1) is 17.8 Å². The molecular weight excluding hydrogens is 310 g/mol. The van der Waals surface area contributed by atoms with Crippen molar-refractivity contribution in [3.05, 3.63) is 60.2 Å². The maximum Gasteiger partial charge on any atom is 0.323 e. The third kappa shape index (κ3) is 5.62. The summed E-state index contributed by atoms with van der Waals surface area (Å²) in [6, 6.07) is 15.1. The molecule has 0 bridgehead atoms. The second-order valence-electron chi connectivity index (χ2n) is 5.02. The van der Waals surface area contributed by atoms with Crippen LogP contribution in [0.15, 0.2) is 64.8 Å². The number of carboxylic acids is 1. The molecule has 0 saturated heterocycles. The van der Waals surface area contributed by atoms with Crippen molar-refractivity contribution in [2.75, 3.05) is 0 Å². The second-order valence-corrected chi connectivity index (χ2v) is 5.02. The number of hydrogen-bond donors (Lipinski definition) is 2. The largest absolute Gasteiger partial charge is 0.481 e. The molecule has 24 heavy (non-hydrogen) atoms. The molecule has 7 heteroatoms. The molecule has 0 spiro atoms. The van der Waals surface area contributed by atoms with Crippen molar-refractivity contribution in [3.63, 3.8) is 0 Å². The Morgan fingerprint density at radius 1 is 1.04 bits per heavy atom. The van der Waals surface area contributed by atoms with Crippen LogP contribution in [0.1, 0.15) is 12.0 Å². The van der Waals surface area contributed by atoms with E-state index >= 15 is 0 Å². The van der Waals surface area contributed by atoms with Gasteiger partial charge in [0, 0.05) is 0 Å². The van der Waals surface area contributed by atoms with Gasteiger partial charge in [-0.1, -0.05) is 30.3 Å². The van der Waals surface area contributed by atoms with Crippen LogP contribution in [0.2, 0.25) is 0 Å². The highest BCUT2D eigenvalue weighted by Gasteiger charge is 2.18. The molecule has 1 atom stereocenters. The van der Waals surface area contributed by atoms with Crippen molar-refractivity contribution in [3.8, 4) is 0 Å². The van der Waals surface area contributed by atoms with Gasteiger partial charge in [0.15, 0.2) is 0 Å². The number of hydrogen-bond acceptors (Lipinski definition) is 6. The Morgan fingerprint density at radius 3 is 2.42 bits per heavy atom. The summed E-state index contributed by atoms with van der Waals surface area (Å²) in [6.07, 6.45) is -0.468. The zero-order valence-corrected chi connectivity index (χ0v) is 12.8. The van der Waals surface area contributed by atoms with Crippen LogP contribution in [0, 0.1) is 0 Å². The summed E-state index contributed by atoms with van der Waals surface area (Å²) in [6.45, 7) is -0.0130. The van der Waals surface area contributed by atoms with Crippen LogP contribution in [0.3, 0.4) is 0 Å². The zero-order valence-electron chi connectivity index (χ0n) is 12.8. The van der Waals surface area contributed by atoms with Crippen LogP contribution in [0.4, 0.5) is 11.4 Å². The molecule has 7 nitrogen and oxygen atoms in total. The maximum absolute atomic E-state index is 11.6. The lowest BCUT2D eigenvalue weighted by Gasteiger charge is -2.09. The number of ether oxygens (including phenoxy) is 1. The van der Waals surface area contributed by atoms with Crippen LogP contribution in [0.5, 0.6) is 0 Å². The predicted octanol–water partition coefficient (Wildman–Crippen LogP) is 2.95. The van der Waals surface area contributed by atoms with Crippen molar-refractivity contribution >= 4 is 23.3 Å². The van der Waals surface area contributed by atoms with Crippen LogP contribution in [-0.4, -0.2) is 23.1 Å². The van der Waals surface area contributed by atoms with Crippen LogP contribution in [0.25, 0.3) is 0 Å². The maximum atomic E-state index is 11.6. The number of nitrogens with zero attached hydrogens (tertiary/aromatic N) is 2. The highest BCUT2D eigenvalue weighted by molar-refractivity contribution is 5.81. The number of benzene rings is 2. The number of nitrogens with two attached hydrogens (primary N) is 1. The van der Waals surface area contributed by atoms with Gasteiger partial charge >= 0.3 is 11.9 Å². The number of carbonyl (C=O) groups is 2. The van der Waals surface area contributed by atoms with E-state index in [2.05, 4.69) is 10.2 Å². The summed E-state index contributed by atoms with van der Waals surface area (Å²) in [4.78, 5) is 22.1. The highest BCUT2D eigenvalue weighted by atomic mass is 16.5. The molecule has 0 aliphatic carbocycles. The summed E-state index contributed by atoms with van der Waals surface area (Å²) in [5.74, 6) is -1.91. The van der Waals surface area contributed by atoms with Crippen molar-refractivity contribution in [1.29, 1.82) is 0 Å². The Morgan fingerprint density at radius 2 is 1.71 bits per heavy atom. The normalized spacial score (nSPS) is 12.0. The summed E-state index contributed by atoms with van der Waals surface area (Å²) in [5.41, 5.74) is 7.48. The minimum Gasteiger partial charge on any atom is -0.481 e. The first kappa shape index (κ1) is 17.3. The van der Waals surface area contributed by atoms with E-state index in [0.29, 0.717) is 11.3 Å². The summed E-state index contributed by atoms with van der Waals surface area (Å²) < 4.78 is 5.01. The van der Waals surface area contributed by atoms with Gasteiger partial charge in [-0.25, -0.2) is 0 Å². The minimum atomic E-state index is -1.18. The quantitative estimate of drug-likeness (QED) is 0.599. The van der Waals surface area contributed by atoms with E-state index in [9.17, 15) is 9.59 Å². The van der Waals surface area contributed by atoms with Crippen LogP contribution < -0.4 is 5.73 Å². The Labute approximate surface area is 138 Å². The third-order valence-electron chi connectivity index (χ3n) is 3.03. The second kappa shape index (κ2) is 8.54. The van der Waals surface area contributed by atoms with E-state index in [1.54, 1.807) is 24.3 Å². The average molecular weight is 327 g/mol. The number of esters is 1. The van der Waals surface area contributed by atoms with Gasteiger partial charge < -0.3 is 15.6 Å². The molecule has 2 aromatic rings. The van der Waals surface area contributed by atoms with Crippen molar-refractivity contribution in [1.82, 2.24) is 0 Å². The van der Waals surface area contributed by atoms with Crippen molar-refractivity contribution < 1.29 is 19.4 Å². The number of rotatable bonds is 7. The van der Waals surface area contributed by atoms with Gasteiger partial charge in [-0.15, -0.1) is 0 Å². The van der Waals surface area contributed by atoms with Gasteiger partial charge in [-0.3, -0.25) is 9.59 Å². The molecule has 0 radical (unpaired) electrons. The monoisotopic (exact) mass is 327 g/mol. The molecule has 0 heterocycles. The lowest BCUT2D eigenvalue weighted by atomic mass is 10.2. The fraction of sp³-hybridized carbons (Fsp3) is 0.176. The molecule has 2 rings (SSSR count). The summed E-state index contributed by atoms with van der Waals surface area (Å²) in [5, 5.41) is 16.8. The Bertz CT molecular complexity index is 732. The SMILES string of the molecule is N[C@H](CC(=O)O)C(=O)OCc1cccc(N=Nc2ccccc2)c1. The number of azo groups is 1. The molecule has 0 aliphatic heterocycles. The molecule has 0 saturated carbocycles. The highest BCUT2D eigenvalue weighted by Crippen LogP contribution is 2.19. The van der Waals surface area contributed by atoms with E-state index in [0.717, 1.165) is 5.69 Å². The predicted molar refractivity (Wildman–Crippen MR) is 87.1 cm³/mol. The van der Waals surface area contributed by atoms with Gasteiger partial charge in [0.25, 0.3) is 0 Å². The molecule has 0 aromatic heterocycles. The fourth-order valence-corrected chi connectivity index (χ4v) is 1.85. The van der Waals surface area contributed by atoms with E-state index in [1.165, 1.54) is 0 Å². The minimum absolute atomic E-state index is 0.0130. The Kier molecular flexibility index (Phi) is 6.16. The van der Waals surface area contributed by atoms with E-state index < -0.39 is 24.4 Å². The lowest BCUT2D eigenvalue weighted by molar-refractivity contribution is -0.150. The first-order chi connectivity index (χ1) is 11.5. The molecule has 124 valence electrons. The van der Waals surface area contributed by atoms with Crippen molar-refractivity contribution in [2.24, 2.45) is 16.0 Å². The van der Waals surface area contributed by atoms with Crippen molar-refractivity contribution in [2.45, 2.75) is 19.1 Å². The zero-order chi connectivity index (χ0) is 17.4. The third-order valence-corrected chi connectivity index (χ3v) is 3.03. The van der Waals surface area contributed by atoms with Gasteiger partial charge in [-0.2, -0.15) is 10.2 Å². The summed E-state index contributed by atoms with van der Waals surface area (Å²) in [7, 11) is 0. The summed E-state index contributed by atoms with van der Waals surface area (Å²) >= 11 is 0. The molecule has 3 N–H and O–H groups in total. The van der Waals surface area contributed by atoms with Crippen LogP contribution in [-0.2, 0) is 20.9 Å². The number of aliphatic carboxylic acids is 1. The molecular formula is C17H17N3O4. The Hall–Kier alpha value is -3.06. The number of carboxylic acid groups (broad SMARTS) is 1. The first-order valence-corrected chi connectivity index (χ1v) is 7.24. The van der Waals surface area contributed by atoms with E-state index in [1.807, 2.05) is 30.3 Å². The topological polar surface area (TPSA) is 114 Å². The molecule has 0 unspecified atom stereocenters. The first-order valence-electron chi connectivity index (χ1n) is 7.24. The number of carbonyl (C=O) groups excluding carboxylic acids is 1. The molecule has 2 aromatic carbocycles. The van der Waals surface area contributed by atoms with E-state index in [-0.39, 0.29) is 6.61 Å². The lowest BCUT2D eigenvalue weighted by Crippen LogP contribution is -2.34. The molecule has 0 amide bonds. The smallest absolute Gasteiger partial charge is 0.323 e. The van der Waals surface area contributed by atoms with Gasteiger partial charge in [0.1, 0.15) is 12.6 Å². The molecule has 0 fully saturated rings. The van der Waals surface area contributed by atoms with Gasteiger partial charge in [-0.05, 0) is 29.8 Å². The standard InChI is InChI=1S/C17H17N3O4/c18-15(10-16(21)22)17(23)24-11-12-5-4-8-14(9-12)20-19-13-6-2-1-3-7-13/h1-9,15H,10-11,18H2,(H,21,22)/t15-/m1/s1. The Balaban J connectivity index is 1.94. The molecule has 0 aliphatic rings. The average Bonchev–Trinajstić information content (AvgIpc) is 2.58. The van der Waals surface area contributed by atoms with Crippen LogP contribution >= 0.6 is 0 Å². The van der Waals surface area contributed by atoms with E-state index in [4.69, 9.17) is 15.6 Å². The fourth-order valence-electron chi connectivity index (χ4n) is 1.85. The van der Waals surface area contributed by atoms with Gasteiger partial charge in [0.2, 0.25) is 0 Å².